The molecule has 2 aromatic rings. The van der Waals surface area contributed by atoms with Gasteiger partial charge in [-0.25, -0.2) is 0 Å². The lowest BCUT2D eigenvalue weighted by molar-refractivity contribution is 0.692. The van der Waals surface area contributed by atoms with E-state index in [1.165, 1.54) is 0 Å². The summed E-state index contributed by atoms with van der Waals surface area (Å²) in [5, 5.41) is 5.43. The molecule has 0 spiro atoms. The fourth-order valence-electron chi connectivity index (χ4n) is 1.96. The zero-order chi connectivity index (χ0) is 14.0. The zero-order valence-corrected chi connectivity index (χ0v) is 13.1. The SMILES string of the molecule is CNC(c1ccc(Cl)c(Cl)c1)c1c(Cl)cccc1Cl. The van der Waals surface area contributed by atoms with E-state index in [4.69, 9.17) is 46.4 Å². The monoisotopic (exact) mass is 333 g/mol. The van der Waals surface area contributed by atoms with Crippen molar-refractivity contribution < 1.29 is 0 Å². The normalized spacial score (nSPS) is 12.5. The summed E-state index contributed by atoms with van der Waals surface area (Å²) in [6.07, 6.45) is 0. The summed E-state index contributed by atoms with van der Waals surface area (Å²) in [5.41, 5.74) is 1.78. The first-order valence-corrected chi connectivity index (χ1v) is 7.12. The maximum atomic E-state index is 6.24. The van der Waals surface area contributed by atoms with Crippen LogP contribution in [0.2, 0.25) is 20.1 Å². The highest BCUT2D eigenvalue weighted by Crippen LogP contribution is 2.35. The zero-order valence-electron chi connectivity index (χ0n) is 10.1. The molecule has 0 aromatic heterocycles. The highest BCUT2D eigenvalue weighted by atomic mass is 35.5. The van der Waals surface area contributed by atoms with Crippen LogP contribution in [0, 0.1) is 0 Å². The van der Waals surface area contributed by atoms with E-state index in [1.54, 1.807) is 6.07 Å². The molecular weight excluding hydrogens is 324 g/mol. The number of hydrogen-bond acceptors (Lipinski definition) is 1. The van der Waals surface area contributed by atoms with Crippen LogP contribution in [0.5, 0.6) is 0 Å². The van der Waals surface area contributed by atoms with Gasteiger partial charge >= 0.3 is 0 Å². The summed E-state index contributed by atoms with van der Waals surface area (Å²) in [4.78, 5) is 0. The Hall–Kier alpha value is -0.440. The van der Waals surface area contributed by atoms with Crippen LogP contribution in [-0.2, 0) is 0 Å². The minimum atomic E-state index is -0.143. The van der Waals surface area contributed by atoms with Crippen molar-refractivity contribution in [1.29, 1.82) is 0 Å². The van der Waals surface area contributed by atoms with E-state index in [0.29, 0.717) is 20.1 Å². The molecule has 1 N–H and O–H groups in total. The molecule has 0 aliphatic heterocycles. The van der Waals surface area contributed by atoms with Gasteiger partial charge in [-0.2, -0.15) is 0 Å². The van der Waals surface area contributed by atoms with Crippen molar-refractivity contribution in [2.24, 2.45) is 0 Å². The predicted molar refractivity (Wildman–Crippen MR) is 83.8 cm³/mol. The maximum Gasteiger partial charge on any atom is 0.0604 e. The molecule has 100 valence electrons. The second-order valence-electron chi connectivity index (χ2n) is 4.03. The van der Waals surface area contributed by atoms with Gasteiger partial charge < -0.3 is 5.32 Å². The maximum absolute atomic E-state index is 6.24. The Morgan fingerprint density at radius 3 is 2.00 bits per heavy atom. The molecular formula is C14H11Cl4N. The van der Waals surface area contributed by atoms with E-state index < -0.39 is 0 Å². The topological polar surface area (TPSA) is 12.0 Å². The van der Waals surface area contributed by atoms with Gasteiger partial charge in [0.1, 0.15) is 0 Å². The van der Waals surface area contributed by atoms with Crippen LogP contribution in [0.25, 0.3) is 0 Å². The Kier molecular flexibility index (Phi) is 4.99. The first-order valence-electron chi connectivity index (χ1n) is 5.60. The smallest absolute Gasteiger partial charge is 0.0604 e. The Morgan fingerprint density at radius 2 is 1.47 bits per heavy atom. The van der Waals surface area contributed by atoms with Crippen LogP contribution in [-0.4, -0.2) is 7.05 Å². The molecule has 0 bridgehead atoms. The van der Waals surface area contributed by atoms with Gasteiger partial charge in [0.15, 0.2) is 0 Å². The van der Waals surface area contributed by atoms with Gasteiger partial charge in [-0.05, 0) is 36.9 Å². The Morgan fingerprint density at radius 1 is 0.842 bits per heavy atom. The lowest BCUT2D eigenvalue weighted by atomic mass is 9.99. The van der Waals surface area contributed by atoms with Crippen LogP contribution < -0.4 is 5.32 Å². The van der Waals surface area contributed by atoms with Gasteiger partial charge in [0.05, 0.1) is 16.1 Å². The summed E-state index contributed by atoms with van der Waals surface area (Å²) in [6, 6.07) is 10.8. The molecule has 0 saturated heterocycles. The van der Waals surface area contributed by atoms with E-state index in [9.17, 15) is 0 Å². The molecule has 5 heteroatoms. The molecule has 0 radical (unpaired) electrons. The number of rotatable bonds is 3. The van der Waals surface area contributed by atoms with E-state index >= 15 is 0 Å². The molecule has 1 unspecified atom stereocenters. The van der Waals surface area contributed by atoms with Crippen LogP contribution in [0.1, 0.15) is 17.2 Å². The van der Waals surface area contributed by atoms with E-state index in [2.05, 4.69) is 5.32 Å². The van der Waals surface area contributed by atoms with Gasteiger partial charge in [-0.1, -0.05) is 58.5 Å². The lowest BCUT2D eigenvalue weighted by Gasteiger charge is -2.20. The quantitative estimate of drug-likeness (QED) is 0.769. The second kappa shape index (κ2) is 6.34. The fourth-order valence-corrected chi connectivity index (χ4v) is 2.88. The van der Waals surface area contributed by atoms with Crippen molar-refractivity contribution in [3.63, 3.8) is 0 Å². The third-order valence-corrected chi connectivity index (χ3v) is 4.25. The van der Waals surface area contributed by atoms with Crippen molar-refractivity contribution >= 4 is 46.4 Å². The van der Waals surface area contributed by atoms with Crippen LogP contribution in [0.15, 0.2) is 36.4 Å². The van der Waals surface area contributed by atoms with Crippen LogP contribution in [0.3, 0.4) is 0 Å². The van der Waals surface area contributed by atoms with Crippen molar-refractivity contribution in [2.75, 3.05) is 7.05 Å². The summed E-state index contributed by atoms with van der Waals surface area (Å²) in [6.45, 7) is 0. The Labute approximate surface area is 132 Å². The van der Waals surface area contributed by atoms with Crippen molar-refractivity contribution in [3.8, 4) is 0 Å². The van der Waals surface area contributed by atoms with Gasteiger partial charge in [0.2, 0.25) is 0 Å². The standard InChI is InChI=1S/C14H11Cl4N/c1-19-14(8-5-6-9(15)12(18)7-8)13-10(16)3-2-4-11(13)17/h2-7,14,19H,1H3. The molecule has 1 nitrogen and oxygen atoms in total. The molecule has 0 aliphatic rings. The first kappa shape index (κ1) is 15.0. The average molecular weight is 335 g/mol. The lowest BCUT2D eigenvalue weighted by Crippen LogP contribution is -2.18. The van der Waals surface area contributed by atoms with Gasteiger partial charge in [0, 0.05) is 15.6 Å². The van der Waals surface area contributed by atoms with Gasteiger partial charge in [0.25, 0.3) is 0 Å². The molecule has 2 rings (SSSR count). The van der Waals surface area contributed by atoms with Gasteiger partial charge in [-0.3, -0.25) is 0 Å². The second-order valence-corrected chi connectivity index (χ2v) is 5.66. The Balaban J connectivity index is 2.53. The van der Waals surface area contributed by atoms with E-state index in [-0.39, 0.29) is 6.04 Å². The number of halogens is 4. The number of benzene rings is 2. The van der Waals surface area contributed by atoms with E-state index in [0.717, 1.165) is 11.1 Å². The average Bonchev–Trinajstić information content (AvgIpc) is 2.37. The molecule has 2 aromatic carbocycles. The summed E-state index contributed by atoms with van der Waals surface area (Å²) < 4.78 is 0. The summed E-state index contributed by atoms with van der Waals surface area (Å²) in [5.74, 6) is 0. The predicted octanol–water partition coefficient (Wildman–Crippen LogP) is 5.61. The highest BCUT2D eigenvalue weighted by Gasteiger charge is 2.19. The van der Waals surface area contributed by atoms with Crippen molar-refractivity contribution in [2.45, 2.75) is 6.04 Å². The minimum Gasteiger partial charge on any atom is -0.309 e. The molecule has 0 heterocycles. The molecule has 0 fully saturated rings. The molecule has 0 saturated carbocycles. The number of hydrogen-bond donors (Lipinski definition) is 1. The van der Waals surface area contributed by atoms with Crippen LogP contribution in [0.4, 0.5) is 0 Å². The third-order valence-electron chi connectivity index (χ3n) is 2.85. The Bertz CT molecular complexity index is 578. The molecule has 0 amide bonds. The summed E-state index contributed by atoms with van der Waals surface area (Å²) in [7, 11) is 1.84. The minimum absolute atomic E-state index is 0.143. The van der Waals surface area contributed by atoms with Gasteiger partial charge in [-0.15, -0.1) is 0 Å². The molecule has 1 atom stereocenters. The third kappa shape index (κ3) is 3.18. The summed E-state index contributed by atoms with van der Waals surface area (Å²) >= 11 is 24.5. The van der Waals surface area contributed by atoms with Crippen LogP contribution >= 0.6 is 46.4 Å². The highest BCUT2D eigenvalue weighted by molar-refractivity contribution is 6.42. The first-order chi connectivity index (χ1) is 9.04. The molecule has 19 heavy (non-hydrogen) atoms. The largest absolute Gasteiger partial charge is 0.309 e. The number of nitrogens with one attached hydrogen (secondary N) is 1. The van der Waals surface area contributed by atoms with E-state index in [1.807, 2.05) is 37.4 Å². The molecule has 0 aliphatic carbocycles. The van der Waals surface area contributed by atoms with Crippen molar-refractivity contribution in [3.05, 3.63) is 67.6 Å². The van der Waals surface area contributed by atoms with Crippen molar-refractivity contribution in [1.82, 2.24) is 5.32 Å². The fraction of sp³-hybridized carbons (Fsp3) is 0.143.